The number of rotatable bonds is 6. The third-order valence-corrected chi connectivity index (χ3v) is 3.64. The van der Waals surface area contributed by atoms with Gasteiger partial charge in [0, 0.05) is 18.9 Å². The highest BCUT2D eigenvalue weighted by Crippen LogP contribution is 2.31. The summed E-state index contributed by atoms with van der Waals surface area (Å²) in [7, 11) is 1.97. The summed E-state index contributed by atoms with van der Waals surface area (Å²) in [4.78, 5) is 8.82. The second-order valence-electron chi connectivity index (χ2n) is 5.06. The van der Waals surface area contributed by atoms with Crippen LogP contribution in [0.4, 0.5) is 5.95 Å². The van der Waals surface area contributed by atoms with E-state index in [1.165, 1.54) is 37.7 Å². The van der Waals surface area contributed by atoms with E-state index in [0.29, 0.717) is 5.92 Å². The van der Waals surface area contributed by atoms with Gasteiger partial charge in [0.25, 0.3) is 0 Å². The van der Waals surface area contributed by atoms with Gasteiger partial charge in [-0.3, -0.25) is 0 Å². The normalized spacial score (nSPS) is 16.7. The SMILES string of the molecule is CNCCCNc1ncc(C2CCCCC2)cn1. The maximum Gasteiger partial charge on any atom is 0.222 e. The number of hydrogen-bond acceptors (Lipinski definition) is 4. The van der Waals surface area contributed by atoms with Gasteiger partial charge in [-0.15, -0.1) is 0 Å². The van der Waals surface area contributed by atoms with Crippen molar-refractivity contribution in [3.8, 4) is 0 Å². The molecule has 0 unspecified atom stereocenters. The summed E-state index contributed by atoms with van der Waals surface area (Å²) >= 11 is 0. The molecule has 2 rings (SSSR count). The van der Waals surface area contributed by atoms with E-state index in [9.17, 15) is 0 Å². The molecule has 0 atom stereocenters. The van der Waals surface area contributed by atoms with Crippen molar-refractivity contribution in [3.05, 3.63) is 18.0 Å². The van der Waals surface area contributed by atoms with E-state index in [1.54, 1.807) is 0 Å². The van der Waals surface area contributed by atoms with Crippen LogP contribution >= 0.6 is 0 Å². The Labute approximate surface area is 110 Å². The Hall–Kier alpha value is -1.16. The first-order valence-corrected chi connectivity index (χ1v) is 7.10. The Bertz CT molecular complexity index is 330. The molecule has 0 bridgehead atoms. The molecular formula is C14H24N4. The second-order valence-corrected chi connectivity index (χ2v) is 5.06. The molecule has 18 heavy (non-hydrogen) atoms. The lowest BCUT2D eigenvalue weighted by atomic mass is 9.85. The van der Waals surface area contributed by atoms with Gasteiger partial charge in [-0.1, -0.05) is 19.3 Å². The van der Waals surface area contributed by atoms with Crippen molar-refractivity contribution in [2.75, 3.05) is 25.5 Å². The van der Waals surface area contributed by atoms with Crippen molar-refractivity contribution in [2.45, 2.75) is 44.4 Å². The molecule has 1 aromatic rings. The van der Waals surface area contributed by atoms with Crippen molar-refractivity contribution in [3.63, 3.8) is 0 Å². The molecule has 1 saturated carbocycles. The van der Waals surface area contributed by atoms with Crippen LogP contribution in [0.1, 0.15) is 50.0 Å². The van der Waals surface area contributed by atoms with Gasteiger partial charge in [-0.2, -0.15) is 0 Å². The molecule has 1 aliphatic rings. The van der Waals surface area contributed by atoms with Crippen molar-refractivity contribution in [1.82, 2.24) is 15.3 Å². The van der Waals surface area contributed by atoms with Crippen LogP contribution in [0.5, 0.6) is 0 Å². The molecule has 1 aliphatic carbocycles. The summed E-state index contributed by atoms with van der Waals surface area (Å²) in [6.45, 7) is 1.94. The van der Waals surface area contributed by atoms with Gasteiger partial charge in [-0.05, 0) is 44.3 Å². The predicted molar refractivity (Wildman–Crippen MR) is 74.9 cm³/mol. The monoisotopic (exact) mass is 248 g/mol. The molecule has 100 valence electrons. The molecule has 0 amide bonds. The number of nitrogens with one attached hydrogen (secondary N) is 2. The fourth-order valence-corrected chi connectivity index (χ4v) is 2.54. The van der Waals surface area contributed by atoms with Crippen LogP contribution in [-0.2, 0) is 0 Å². The van der Waals surface area contributed by atoms with Crippen molar-refractivity contribution in [1.29, 1.82) is 0 Å². The number of aromatic nitrogens is 2. The van der Waals surface area contributed by atoms with Crippen molar-refractivity contribution < 1.29 is 0 Å². The summed E-state index contributed by atoms with van der Waals surface area (Å²) in [6.07, 6.45) is 11.8. The summed E-state index contributed by atoms with van der Waals surface area (Å²) in [5.74, 6) is 1.45. The largest absolute Gasteiger partial charge is 0.354 e. The first kappa shape index (κ1) is 13.3. The third kappa shape index (κ3) is 3.95. The maximum absolute atomic E-state index is 4.41. The zero-order valence-corrected chi connectivity index (χ0v) is 11.3. The van der Waals surface area contributed by atoms with E-state index in [0.717, 1.165) is 25.5 Å². The zero-order valence-electron chi connectivity index (χ0n) is 11.3. The predicted octanol–water partition coefficient (Wildman–Crippen LogP) is 2.55. The molecule has 1 aromatic heterocycles. The Kier molecular flexibility index (Phi) is 5.39. The summed E-state index contributed by atoms with van der Waals surface area (Å²) in [5.41, 5.74) is 1.32. The van der Waals surface area contributed by atoms with E-state index < -0.39 is 0 Å². The van der Waals surface area contributed by atoms with Gasteiger partial charge in [0.15, 0.2) is 0 Å². The summed E-state index contributed by atoms with van der Waals surface area (Å²) in [5, 5.41) is 6.37. The van der Waals surface area contributed by atoms with Gasteiger partial charge < -0.3 is 10.6 Å². The van der Waals surface area contributed by atoms with E-state index >= 15 is 0 Å². The number of anilines is 1. The van der Waals surface area contributed by atoms with Gasteiger partial charge in [-0.25, -0.2) is 9.97 Å². The molecule has 4 nitrogen and oxygen atoms in total. The average Bonchev–Trinajstić information content (AvgIpc) is 2.45. The van der Waals surface area contributed by atoms with Gasteiger partial charge in [0.1, 0.15) is 0 Å². The molecule has 0 aromatic carbocycles. The Morgan fingerprint density at radius 2 is 1.83 bits per heavy atom. The standard InChI is InChI=1S/C14H24N4/c1-15-8-5-9-16-14-17-10-13(11-18-14)12-6-3-2-4-7-12/h10-12,15H,2-9H2,1H3,(H,16,17,18). The third-order valence-electron chi connectivity index (χ3n) is 3.64. The van der Waals surface area contributed by atoms with Crippen LogP contribution in [-0.4, -0.2) is 30.1 Å². The van der Waals surface area contributed by atoms with Crippen LogP contribution in [0.25, 0.3) is 0 Å². The molecule has 0 saturated heterocycles. The first-order chi connectivity index (χ1) is 8.90. The van der Waals surface area contributed by atoms with Gasteiger partial charge >= 0.3 is 0 Å². The van der Waals surface area contributed by atoms with Crippen molar-refractivity contribution in [2.24, 2.45) is 0 Å². The lowest BCUT2D eigenvalue weighted by Crippen LogP contribution is -2.14. The van der Waals surface area contributed by atoms with Crippen LogP contribution in [0.2, 0.25) is 0 Å². The fourth-order valence-electron chi connectivity index (χ4n) is 2.54. The minimum atomic E-state index is 0.692. The Balaban J connectivity index is 1.81. The Morgan fingerprint density at radius 1 is 1.11 bits per heavy atom. The van der Waals surface area contributed by atoms with Crippen LogP contribution in [0, 0.1) is 0 Å². The van der Waals surface area contributed by atoms with E-state index in [1.807, 2.05) is 19.4 Å². The van der Waals surface area contributed by atoms with Crippen LogP contribution in [0.3, 0.4) is 0 Å². The summed E-state index contributed by atoms with van der Waals surface area (Å²) < 4.78 is 0. The molecule has 1 fully saturated rings. The lowest BCUT2D eigenvalue weighted by Gasteiger charge is -2.21. The van der Waals surface area contributed by atoms with E-state index in [4.69, 9.17) is 0 Å². The molecular weight excluding hydrogens is 224 g/mol. The highest BCUT2D eigenvalue weighted by Gasteiger charge is 2.15. The quantitative estimate of drug-likeness (QED) is 0.760. The summed E-state index contributed by atoms with van der Waals surface area (Å²) in [6, 6.07) is 0. The van der Waals surface area contributed by atoms with Crippen LogP contribution < -0.4 is 10.6 Å². The van der Waals surface area contributed by atoms with Crippen LogP contribution in [0.15, 0.2) is 12.4 Å². The molecule has 1 heterocycles. The Morgan fingerprint density at radius 3 is 2.50 bits per heavy atom. The minimum Gasteiger partial charge on any atom is -0.354 e. The fraction of sp³-hybridized carbons (Fsp3) is 0.714. The van der Waals surface area contributed by atoms with Gasteiger partial charge in [0.05, 0.1) is 0 Å². The maximum atomic E-state index is 4.41. The zero-order chi connectivity index (χ0) is 12.6. The minimum absolute atomic E-state index is 0.692. The highest BCUT2D eigenvalue weighted by atomic mass is 15.1. The lowest BCUT2D eigenvalue weighted by molar-refractivity contribution is 0.442. The molecule has 2 N–H and O–H groups in total. The molecule has 0 aliphatic heterocycles. The molecule has 0 spiro atoms. The number of hydrogen-bond donors (Lipinski definition) is 2. The number of nitrogens with zero attached hydrogens (tertiary/aromatic N) is 2. The smallest absolute Gasteiger partial charge is 0.222 e. The second kappa shape index (κ2) is 7.31. The van der Waals surface area contributed by atoms with E-state index in [2.05, 4.69) is 20.6 Å². The van der Waals surface area contributed by atoms with Gasteiger partial charge in [0.2, 0.25) is 5.95 Å². The molecule has 4 heteroatoms. The van der Waals surface area contributed by atoms with E-state index in [-0.39, 0.29) is 0 Å². The topological polar surface area (TPSA) is 49.8 Å². The van der Waals surface area contributed by atoms with Crippen molar-refractivity contribution >= 4 is 5.95 Å². The molecule has 0 radical (unpaired) electrons. The average molecular weight is 248 g/mol. The highest BCUT2D eigenvalue weighted by molar-refractivity contribution is 5.25. The first-order valence-electron chi connectivity index (χ1n) is 7.10.